The molecule has 1 aliphatic heterocycles. The molecular weight excluding hydrogens is 326 g/mol. The summed E-state index contributed by atoms with van der Waals surface area (Å²) in [6, 6.07) is 1.39. The van der Waals surface area contributed by atoms with Gasteiger partial charge in [0.25, 0.3) is 5.91 Å². The van der Waals surface area contributed by atoms with Gasteiger partial charge in [-0.25, -0.2) is 4.79 Å². The first kappa shape index (κ1) is 17.2. The van der Waals surface area contributed by atoms with Crippen molar-refractivity contribution in [1.82, 2.24) is 20.0 Å². The Balaban J connectivity index is 1.76. The minimum Gasteiger partial charge on any atom is -0.464 e. The number of aromatic amines is 1. The summed E-state index contributed by atoms with van der Waals surface area (Å²) in [6.07, 6.45) is 1.86. The van der Waals surface area contributed by atoms with Crippen molar-refractivity contribution in [2.45, 2.75) is 25.7 Å². The summed E-state index contributed by atoms with van der Waals surface area (Å²) in [4.78, 5) is 24.0. The van der Waals surface area contributed by atoms with E-state index < -0.39 is 11.9 Å². The van der Waals surface area contributed by atoms with E-state index in [1.165, 1.54) is 17.9 Å². The van der Waals surface area contributed by atoms with Gasteiger partial charge in [-0.3, -0.25) is 14.6 Å². The molecule has 9 heteroatoms. The number of hydrogen-bond acceptors (Lipinski definition) is 6. The van der Waals surface area contributed by atoms with Crippen LogP contribution < -0.4 is 5.32 Å². The largest absolute Gasteiger partial charge is 0.464 e. The highest BCUT2D eigenvalue weighted by Gasteiger charge is 2.23. The van der Waals surface area contributed by atoms with Crippen molar-refractivity contribution in [3.8, 4) is 0 Å². The van der Waals surface area contributed by atoms with Gasteiger partial charge in [0.05, 0.1) is 7.11 Å². The maximum atomic E-state index is 12.5. The van der Waals surface area contributed by atoms with E-state index in [4.69, 9.17) is 4.74 Å². The summed E-state index contributed by atoms with van der Waals surface area (Å²) in [5, 5.41) is 14.0. The first-order valence-corrected chi connectivity index (χ1v) is 8.07. The second-order valence-corrected chi connectivity index (χ2v) is 5.98. The lowest BCUT2D eigenvalue weighted by Crippen LogP contribution is -2.17. The van der Waals surface area contributed by atoms with Gasteiger partial charge < -0.3 is 14.8 Å². The molecule has 1 aliphatic rings. The van der Waals surface area contributed by atoms with Crippen molar-refractivity contribution in [3.63, 3.8) is 0 Å². The summed E-state index contributed by atoms with van der Waals surface area (Å²) in [7, 11) is 2.86. The zero-order valence-corrected chi connectivity index (χ0v) is 14.5. The smallest absolute Gasteiger partial charge is 0.358 e. The molecule has 9 nitrogen and oxygen atoms in total. The number of nitrogens with one attached hydrogen (secondary N) is 2. The number of aromatic nitrogens is 4. The van der Waals surface area contributed by atoms with Gasteiger partial charge in [-0.15, -0.1) is 0 Å². The SMILES string of the molecule is COC(=O)c1cc(C(=O)Nc2n[nH]c(C3CCOCC3)c2C)n(C)n1. The number of H-pyrrole nitrogens is 1. The Bertz CT molecular complexity index is 789. The Morgan fingerprint density at radius 2 is 2.12 bits per heavy atom. The van der Waals surface area contributed by atoms with Crippen LogP contribution in [-0.4, -0.2) is 52.2 Å². The number of hydrogen-bond donors (Lipinski definition) is 2. The fraction of sp³-hybridized carbons (Fsp3) is 0.500. The van der Waals surface area contributed by atoms with Crippen molar-refractivity contribution >= 4 is 17.7 Å². The summed E-state index contributed by atoms with van der Waals surface area (Å²) in [5.74, 6) is -0.146. The summed E-state index contributed by atoms with van der Waals surface area (Å²) >= 11 is 0. The number of anilines is 1. The maximum Gasteiger partial charge on any atom is 0.358 e. The lowest BCUT2D eigenvalue weighted by Gasteiger charge is -2.21. The topological polar surface area (TPSA) is 111 Å². The monoisotopic (exact) mass is 347 g/mol. The molecule has 1 amide bonds. The Hall–Kier alpha value is -2.68. The Morgan fingerprint density at radius 1 is 1.40 bits per heavy atom. The van der Waals surface area contributed by atoms with Gasteiger partial charge in [-0.1, -0.05) is 0 Å². The van der Waals surface area contributed by atoms with Crippen LogP contribution in [0.25, 0.3) is 0 Å². The zero-order chi connectivity index (χ0) is 18.0. The van der Waals surface area contributed by atoms with Gasteiger partial charge >= 0.3 is 5.97 Å². The number of aryl methyl sites for hydroxylation is 1. The molecule has 0 atom stereocenters. The molecule has 0 saturated carbocycles. The quantitative estimate of drug-likeness (QED) is 0.809. The second kappa shape index (κ2) is 7.06. The zero-order valence-electron chi connectivity index (χ0n) is 14.5. The van der Waals surface area contributed by atoms with E-state index in [-0.39, 0.29) is 11.4 Å². The van der Waals surface area contributed by atoms with Crippen molar-refractivity contribution < 1.29 is 19.1 Å². The van der Waals surface area contributed by atoms with Crippen LogP contribution in [0, 0.1) is 6.92 Å². The summed E-state index contributed by atoms with van der Waals surface area (Å²) < 4.78 is 11.3. The van der Waals surface area contributed by atoms with Crippen molar-refractivity contribution in [1.29, 1.82) is 0 Å². The van der Waals surface area contributed by atoms with E-state index in [9.17, 15) is 9.59 Å². The highest BCUT2D eigenvalue weighted by Crippen LogP contribution is 2.30. The molecule has 1 saturated heterocycles. The van der Waals surface area contributed by atoms with Gasteiger partial charge in [0.15, 0.2) is 11.5 Å². The van der Waals surface area contributed by atoms with Crippen LogP contribution in [0.3, 0.4) is 0 Å². The first-order valence-electron chi connectivity index (χ1n) is 8.07. The molecule has 3 rings (SSSR count). The third kappa shape index (κ3) is 3.41. The van der Waals surface area contributed by atoms with Gasteiger partial charge in [0.2, 0.25) is 0 Å². The van der Waals surface area contributed by atoms with Gasteiger partial charge in [-0.2, -0.15) is 10.2 Å². The number of carbonyl (C=O) groups excluding carboxylic acids is 2. The van der Waals surface area contributed by atoms with Crippen molar-refractivity contribution in [2.24, 2.45) is 7.05 Å². The lowest BCUT2D eigenvalue weighted by atomic mass is 9.94. The molecule has 134 valence electrons. The van der Waals surface area contributed by atoms with Crippen LogP contribution in [0.4, 0.5) is 5.82 Å². The third-order valence-corrected chi connectivity index (χ3v) is 4.42. The second-order valence-electron chi connectivity index (χ2n) is 5.98. The molecular formula is C16H21N5O4. The number of esters is 1. The fourth-order valence-electron chi connectivity index (χ4n) is 2.97. The predicted octanol–water partition coefficient (Wildman–Crippen LogP) is 1.38. The number of rotatable bonds is 4. The molecule has 25 heavy (non-hydrogen) atoms. The van der Waals surface area contributed by atoms with Crippen molar-refractivity contribution in [2.75, 3.05) is 25.6 Å². The average Bonchev–Trinajstić information content (AvgIpc) is 3.18. The van der Waals surface area contributed by atoms with E-state index in [0.29, 0.717) is 11.7 Å². The number of nitrogens with zero attached hydrogens (tertiary/aromatic N) is 3. The number of methoxy groups -OCH3 is 1. The fourth-order valence-corrected chi connectivity index (χ4v) is 2.97. The van der Waals surface area contributed by atoms with Gasteiger partial charge in [0.1, 0.15) is 5.69 Å². The molecule has 2 N–H and O–H groups in total. The molecule has 0 radical (unpaired) electrons. The number of carbonyl (C=O) groups is 2. The van der Waals surface area contributed by atoms with E-state index in [1.54, 1.807) is 7.05 Å². The standard InChI is InChI=1S/C16H21N5O4/c1-9-13(10-4-6-25-7-5-10)18-19-14(9)17-15(22)12-8-11(16(23)24-3)20-21(12)2/h8,10H,4-7H2,1-3H3,(H2,17,18,19,22). The Kier molecular flexibility index (Phi) is 4.84. The molecule has 0 unspecified atom stereocenters. The molecule has 3 heterocycles. The average molecular weight is 347 g/mol. The van der Waals surface area contributed by atoms with Crippen molar-refractivity contribution in [3.05, 3.63) is 28.7 Å². The van der Waals surface area contributed by atoms with Crippen LogP contribution in [0.5, 0.6) is 0 Å². The molecule has 0 aromatic carbocycles. The van der Waals surface area contributed by atoms with Crippen LogP contribution >= 0.6 is 0 Å². The number of ether oxygens (including phenoxy) is 2. The number of amides is 1. The predicted molar refractivity (Wildman–Crippen MR) is 88.6 cm³/mol. The van der Waals surface area contributed by atoms with Gasteiger partial charge in [-0.05, 0) is 19.8 Å². The van der Waals surface area contributed by atoms with Gasteiger partial charge in [0, 0.05) is 43.5 Å². The molecule has 0 bridgehead atoms. The van der Waals surface area contributed by atoms with E-state index >= 15 is 0 Å². The Labute approximate surface area is 144 Å². The summed E-state index contributed by atoms with van der Waals surface area (Å²) in [6.45, 7) is 3.39. The first-order chi connectivity index (χ1) is 12.0. The minimum absolute atomic E-state index is 0.0804. The molecule has 0 spiro atoms. The van der Waals surface area contributed by atoms with Crippen LogP contribution in [0.15, 0.2) is 6.07 Å². The van der Waals surface area contributed by atoms with E-state index in [2.05, 4.69) is 25.3 Å². The molecule has 1 fully saturated rings. The molecule has 0 aliphatic carbocycles. The minimum atomic E-state index is -0.590. The lowest BCUT2D eigenvalue weighted by molar-refractivity contribution is 0.0593. The molecule has 2 aromatic rings. The van der Waals surface area contributed by atoms with Crippen LogP contribution in [0.1, 0.15) is 51.0 Å². The Morgan fingerprint density at radius 3 is 2.80 bits per heavy atom. The highest BCUT2D eigenvalue weighted by atomic mass is 16.5. The normalized spacial score (nSPS) is 15.2. The van der Waals surface area contributed by atoms with Crippen LogP contribution in [-0.2, 0) is 16.5 Å². The third-order valence-electron chi connectivity index (χ3n) is 4.42. The van der Waals surface area contributed by atoms with Crippen LogP contribution in [0.2, 0.25) is 0 Å². The van der Waals surface area contributed by atoms with E-state index in [1.807, 2.05) is 6.92 Å². The molecule has 2 aromatic heterocycles. The summed E-state index contributed by atoms with van der Waals surface area (Å²) in [5.41, 5.74) is 2.27. The van der Waals surface area contributed by atoms with E-state index in [0.717, 1.165) is 37.3 Å². The highest BCUT2D eigenvalue weighted by molar-refractivity contribution is 6.04. The maximum absolute atomic E-state index is 12.5.